The van der Waals surface area contributed by atoms with Crippen molar-refractivity contribution in [2.45, 2.75) is 26.4 Å². The van der Waals surface area contributed by atoms with E-state index in [1.807, 2.05) is 30.3 Å². The second-order valence-electron chi connectivity index (χ2n) is 5.95. The Balaban J connectivity index is 1.80. The molecule has 2 N–H and O–H groups in total. The second-order valence-corrected chi connectivity index (χ2v) is 5.95. The molecular weight excluding hydrogens is 332 g/mol. The van der Waals surface area contributed by atoms with Gasteiger partial charge in [0.25, 0.3) is 0 Å². The van der Waals surface area contributed by atoms with Crippen molar-refractivity contribution in [1.82, 2.24) is 10.2 Å². The number of rotatable bonds is 8. The molecule has 0 atom stereocenters. The Labute approximate surface area is 152 Å². The van der Waals surface area contributed by atoms with Crippen LogP contribution in [0.2, 0.25) is 0 Å². The molecule has 2 amide bonds. The summed E-state index contributed by atoms with van der Waals surface area (Å²) in [6, 6.07) is 16.0. The SMILES string of the molecule is CC(=O)N(CCC(=O)NCc1ccc(C(=O)O)cc1)Cc1ccccc1. The number of carboxylic acid groups (broad SMARTS) is 1. The minimum absolute atomic E-state index is 0.0779. The van der Waals surface area contributed by atoms with Gasteiger partial charge in [-0.3, -0.25) is 9.59 Å². The standard InChI is InChI=1S/C20H22N2O4/c1-15(23)22(14-17-5-3-2-4-6-17)12-11-19(24)21-13-16-7-9-18(10-8-16)20(25)26/h2-10H,11-14H2,1H3,(H,21,24)(H,25,26). The van der Waals surface area contributed by atoms with Gasteiger partial charge < -0.3 is 15.3 Å². The van der Waals surface area contributed by atoms with Gasteiger partial charge >= 0.3 is 5.97 Å². The van der Waals surface area contributed by atoms with Crippen LogP contribution in [0.25, 0.3) is 0 Å². The average molecular weight is 354 g/mol. The number of nitrogens with one attached hydrogen (secondary N) is 1. The first-order valence-electron chi connectivity index (χ1n) is 8.34. The van der Waals surface area contributed by atoms with E-state index in [4.69, 9.17) is 5.11 Å². The first-order chi connectivity index (χ1) is 12.5. The number of benzene rings is 2. The minimum Gasteiger partial charge on any atom is -0.478 e. The fourth-order valence-electron chi connectivity index (χ4n) is 2.44. The van der Waals surface area contributed by atoms with Crippen molar-refractivity contribution in [3.63, 3.8) is 0 Å². The van der Waals surface area contributed by atoms with Gasteiger partial charge in [-0.05, 0) is 23.3 Å². The molecule has 0 aliphatic heterocycles. The lowest BCUT2D eigenvalue weighted by atomic mass is 10.1. The lowest BCUT2D eigenvalue weighted by Gasteiger charge is -2.21. The van der Waals surface area contributed by atoms with E-state index in [1.165, 1.54) is 19.1 Å². The van der Waals surface area contributed by atoms with E-state index in [0.29, 0.717) is 19.6 Å². The first-order valence-corrected chi connectivity index (χ1v) is 8.34. The summed E-state index contributed by atoms with van der Waals surface area (Å²) in [6.07, 6.45) is 0.208. The Bertz CT molecular complexity index is 757. The number of hydrogen-bond donors (Lipinski definition) is 2. The molecule has 26 heavy (non-hydrogen) atoms. The molecule has 0 bridgehead atoms. The molecule has 6 heteroatoms. The first kappa shape index (κ1) is 19.2. The Morgan fingerprint density at radius 1 is 0.962 bits per heavy atom. The lowest BCUT2D eigenvalue weighted by molar-refractivity contribution is -0.130. The predicted octanol–water partition coefficient (Wildman–Crippen LogP) is 2.44. The van der Waals surface area contributed by atoms with Gasteiger partial charge in [0.2, 0.25) is 11.8 Å². The van der Waals surface area contributed by atoms with Crippen LogP contribution in [0, 0.1) is 0 Å². The van der Waals surface area contributed by atoms with Gasteiger partial charge in [0.15, 0.2) is 0 Å². The van der Waals surface area contributed by atoms with Crippen LogP contribution in [0.5, 0.6) is 0 Å². The molecule has 0 radical (unpaired) electrons. The molecule has 136 valence electrons. The van der Waals surface area contributed by atoms with Gasteiger partial charge in [0, 0.05) is 33.0 Å². The molecule has 6 nitrogen and oxygen atoms in total. The zero-order chi connectivity index (χ0) is 18.9. The van der Waals surface area contributed by atoms with Crippen LogP contribution >= 0.6 is 0 Å². The molecular formula is C20H22N2O4. The van der Waals surface area contributed by atoms with Gasteiger partial charge in [-0.15, -0.1) is 0 Å². The highest BCUT2D eigenvalue weighted by Gasteiger charge is 2.12. The highest BCUT2D eigenvalue weighted by molar-refractivity contribution is 5.87. The number of carboxylic acids is 1. The number of carbonyl (C=O) groups excluding carboxylic acids is 2. The number of nitrogens with zero attached hydrogens (tertiary/aromatic N) is 1. The molecule has 0 saturated carbocycles. The third kappa shape index (κ3) is 6.05. The summed E-state index contributed by atoms with van der Waals surface area (Å²) in [7, 11) is 0. The van der Waals surface area contributed by atoms with Crippen molar-refractivity contribution in [3.8, 4) is 0 Å². The van der Waals surface area contributed by atoms with Gasteiger partial charge in [0.1, 0.15) is 0 Å². The van der Waals surface area contributed by atoms with Crippen LogP contribution in [-0.4, -0.2) is 34.3 Å². The number of hydrogen-bond acceptors (Lipinski definition) is 3. The molecule has 0 saturated heterocycles. The predicted molar refractivity (Wildman–Crippen MR) is 97.4 cm³/mol. The van der Waals surface area contributed by atoms with Gasteiger partial charge in [-0.1, -0.05) is 42.5 Å². The number of amides is 2. The van der Waals surface area contributed by atoms with Crippen molar-refractivity contribution >= 4 is 17.8 Å². The summed E-state index contributed by atoms with van der Waals surface area (Å²) in [5.41, 5.74) is 2.04. The van der Waals surface area contributed by atoms with Crippen LogP contribution < -0.4 is 5.32 Å². The monoisotopic (exact) mass is 354 g/mol. The van der Waals surface area contributed by atoms with Gasteiger partial charge in [-0.25, -0.2) is 4.79 Å². The molecule has 0 spiro atoms. The molecule has 0 aliphatic rings. The van der Waals surface area contributed by atoms with Gasteiger partial charge in [0.05, 0.1) is 5.56 Å². The molecule has 2 rings (SSSR count). The molecule has 0 aliphatic carbocycles. The van der Waals surface area contributed by atoms with Crippen molar-refractivity contribution in [1.29, 1.82) is 0 Å². The smallest absolute Gasteiger partial charge is 0.335 e. The molecule has 0 unspecified atom stereocenters. The van der Waals surface area contributed by atoms with Crippen LogP contribution in [0.3, 0.4) is 0 Å². The van der Waals surface area contributed by atoms with Crippen molar-refractivity contribution in [2.24, 2.45) is 0 Å². The Morgan fingerprint density at radius 2 is 1.62 bits per heavy atom. The third-order valence-electron chi connectivity index (χ3n) is 3.96. The van der Waals surface area contributed by atoms with Gasteiger partial charge in [-0.2, -0.15) is 0 Å². The van der Waals surface area contributed by atoms with E-state index in [9.17, 15) is 14.4 Å². The topological polar surface area (TPSA) is 86.7 Å². The summed E-state index contributed by atoms with van der Waals surface area (Å²) in [5, 5.41) is 11.6. The fourth-order valence-corrected chi connectivity index (χ4v) is 2.44. The molecule has 0 aromatic heterocycles. The van der Waals surface area contributed by atoms with E-state index >= 15 is 0 Å². The maximum absolute atomic E-state index is 12.0. The van der Waals surface area contributed by atoms with Crippen LogP contribution in [-0.2, 0) is 22.7 Å². The maximum Gasteiger partial charge on any atom is 0.335 e. The fraction of sp³-hybridized carbons (Fsp3) is 0.250. The quantitative estimate of drug-likeness (QED) is 0.762. The summed E-state index contributed by atoms with van der Waals surface area (Å²) >= 11 is 0. The summed E-state index contributed by atoms with van der Waals surface area (Å²) in [5.74, 6) is -1.22. The zero-order valence-electron chi connectivity index (χ0n) is 14.6. The summed E-state index contributed by atoms with van der Waals surface area (Å²) in [6.45, 7) is 2.62. The molecule has 2 aromatic rings. The molecule has 2 aromatic carbocycles. The van der Waals surface area contributed by atoms with Crippen LogP contribution in [0.4, 0.5) is 0 Å². The average Bonchev–Trinajstić information content (AvgIpc) is 2.64. The Kier molecular flexibility index (Phi) is 6.91. The molecule has 0 fully saturated rings. The second kappa shape index (κ2) is 9.36. The van der Waals surface area contributed by atoms with E-state index in [1.54, 1.807) is 17.0 Å². The van der Waals surface area contributed by atoms with Crippen LogP contribution in [0.1, 0.15) is 34.8 Å². The highest BCUT2D eigenvalue weighted by Crippen LogP contribution is 2.07. The number of aromatic carboxylic acids is 1. The third-order valence-corrected chi connectivity index (χ3v) is 3.96. The zero-order valence-corrected chi connectivity index (χ0v) is 14.6. The molecule has 0 heterocycles. The number of carbonyl (C=O) groups is 3. The Hall–Kier alpha value is -3.15. The van der Waals surface area contributed by atoms with Crippen molar-refractivity contribution in [3.05, 3.63) is 71.3 Å². The van der Waals surface area contributed by atoms with E-state index in [-0.39, 0.29) is 23.8 Å². The minimum atomic E-state index is -0.983. The highest BCUT2D eigenvalue weighted by atomic mass is 16.4. The summed E-state index contributed by atoms with van der Waals surface area (Å²) in [4.78, 5) is 36.2. The van der Waals surface area contributed by atoms with E-state index in [2.05, 4.69) is 5.32 Å². The van der Waals surface area contributed by atoms with Crippen LogP contribution in [0.15, 0.2) is 54.6 Å². The van der Waals surface area contributed by atoms with Crippen molar-refractivity contribution < 1.29 is 19.5 Å². The van der Waals surface area contributed by atoms with Crippen molar-refractivity contribution in [2.75, 3.05) is 6.54 Å². The largest absolute Gasteiger partial charge is 0.478 e. The Morgan fingerprint density at radius 3 is 2.19 bits per heavy atom. The normalized spacial score (nSPS) is 10.2. The maximum atomic E-state index is 12.0. The summed E-state index contributed by atoms with van der Waals surface area (Å²) < 4.78 is 0. The van der Waals surface area contributed by atoms with E-state index < -0.39 is 5.97 Å². The van der Waals surface area contributed by atoms with E-state index in [0.717, 1.165) is 11.1 Å². The lowest BCUT2D eigenvalue weighted by Crippen LogP contribution is -2.33.